The van der Waals surface area contributed by atoms with Gasteiger partial charge in [-0.15, -0.1) is 0 Å². The fraction of sp³-hybridized carbons (Fsp3) is 0.111. The Morgan fingerprint density at radius 1 is 1.10 bits per heavy atom. The van der Waals surface area contributed by atoms with Gasteiger partial charge in [-0.05, 0) is 34.1 Å². The number of benzene rings is 1. The highest BCUT2D eigenvalue weighted by molar-refractivity contribution is 9.10. The second-order valence-electron chi connectivity index (χ2n) is 6.26. The second kappa shape index (κ2) is 8.58. The van der Waals surface area contributed by atoms with E-state index in [-0.39, 0.29) is 33.7 Å². The first-order valence-electron chi connectivity index (χ1n) is 8.57. The third kappa shape index (κ3) is 4.55. The molecule has 4 aromatic rings. The third-order valence-electron chi connectivity index (χ3n) is 4.10. The number of anilines is 1. The number of nitrogens with zero attached hydrogens (tertiary/aromatic N) is 6. The summed E-state index contributed by atoms with van der Waals surface area (Å²) in [5.74, 6) is -0.791. The van der Waals surface area contributed by atoms with Crippen LogP contribution in [0.1, 0.15) is 16.1 Å². The molecule has 3 aromatic heterocycles. The Kier molecular flexibility index (Phi) is 5.89. The van der Waals surface area contributed by atoms with Crippen LogP contribution < -0.4 is 5.32 Å². The molecule has 0 saturated heterocycles. The van der Waals surface area contributed by atoms with Crippen molar-refractivity contribution >= 4 is 50.9 Å². The summed E-state index contributed by atoms with van der Waals surface area (Å²) in [5.41, 5.74) is 0.462. The Balaban J connectivity index is 1.45. The Morgan fingerprint density at radius 2 is 1.93 bits per heavy atom. The molecule has 0 aliphatic heterocycles. The molecule has 1 aromatic carbocycles. The average molecular weight is 513 g/mol. The van der Waals surface area contributed by atoms with E-state index in [2.05, 4.69) is 36.5 Å². The van der Waals surface area contributed by atoms with Gasteiger partial charge >= 0.3 is 0 Å². The van der Waals surface area contributed by atoms with Crippen molar-refractivity contribution < 1.29 is 9.18 Å². The van der Waals surface area contributed by atoms with Gasteiger partial charge in [0.05, 0.1) is 17.2 Å². The Hall–Kier alpha value is -2.69. The lowest BCUT2D eigenvalue weighted by Gasteiger charge is -2.06. The van der Waals surface area contributed by atoms with Gasteiger partial charge in [0.1, 0.15) is 17.5 Å². The van der Waals surface area contributed by atoms with Crippen LogP contribution in [-0.2, 0) is 13.2 Å². The molecule has 1 amide bonds. The first-order valence-corrected chi connectivity index (χ1v) is 10.1. The van der Waals surface area contributed by atoms with E-state index in [9.17, 15) is 9.18 Å². The molecule has 3 heterocycles. The quantitative estimate of drug-likeness (QED) is 0.417. The van der Waals surface area contributed by atoms with E-state index in [0.717, 1.165) is 4.47 Å². The normalized spacial score (nSPS) is 11.1. The number of amides is 1. The number of halogens is 4. The summed E-state index contributed by atoms with van der Waals surface area (Å²) < 4.78 is 19.5. The van der Waals surface area contributed by atoms with Crippen LogP contribution in [0.5, 0.6) is 0 Å². The standard InChI is InChI=1S/C18H13BrCl2FN7O/c19-11-6-23-29(7-11)10-27-5-4-16(25-27)18(30)24-17-14(21)9-28(26-17)8-12-13(20)2-1-3-15(12)22/h1-7,9H,8,10H2,(H,24,26,30). The lowest BCUT2D eigenvalue weighted by atomic mass is 10.2. The van der Waals surface area contributed by atoms with Gasteiger partial charge in [0.25, 0.3) is 5.91 Å². The van der Waals surface area contributed by atoms with E-state index in [4.69, 9.17) is 23.2 Å². The summed E-state index contributed by atoms with van der Waals surface area (Å²) in [5, 5.41) is 15.7. The van der Waals surface area contributed by atoms with Crippen molar-refractivity contribution in [3.05, 3.63) is 80.6 Å². The summed E-state index contributed by atoms with van der Waals surface area (Å²) in [6.07, 6.45) is 6.58. The molecule has 154 valence electrons. The average Bonchev–Trinajstić information content (AvgIpc) is 3.40. The van der Waals surface area contributed by atoms with Gasteiger partial charge in [0.15, 0.2) is 11.5 Å². The summed E-state index contributed by atoms with van der Waals surface area (Å²) in [6, 6.07) is 5.99. The van der Waals surface area contributed by atoms with Crippen LogP contribution in [0, 0.1) is 5.82 Å². The topological polar surface area (TPSA) is 82.6 Å². The summed E-state index contributed by atoms with van der Waals surface area (Å²) in [4.78, 5) is 12.5. The third-order valence-corrected chi connectivity index (χ3v) is 5.14. The molecule has 12 heteroatoms. The molecule has 0 bridgehead atoms. The first-order chi connectivity index (χ1) is 14.4. The van der Waals surface area contributed by atoms with Crippen LogP contribution >= 0.6 is 39.1 Å². The van der Waals surface area contributed by atoms with Gasteiger partial charge in [-0.2, -0.15) is 15.3 Å². The first kappa shape index (κ1) is 20.6. The molecule has 0 aliphatic rings. The van der Waals surface area contributed by atoms with E-state index in [1.54, 1.807) is 40.1 Å². The van der Waals surface area contributed by atoms with Crippen molar-refractivity contribution in [2.45, 2.75) is 13.2 Å². The highest BCUT2D eigenvalue weighted by atomic mass is 79.9. The molecule has 0 unspecified atom stereocenters. The fourth-order valence-corrected chi connectivity index (χ4v) is 3.45. The number of carbonyl (C=O) groups is 1. The Labute approximate surface area is 188 Å². The van der Waals surface area contributed by atoms with Crippen molar-refractivity contribution in [2.24, 2.45) is 0 Å². The lowest BCUT2D eigenvalue weighted by Crippen LogP contribution is -2.15. The zero-order chi connectivity index (χ0) is 21.3. The van der Waals surface area contributed by atoms with Crippen LogP contribution in [0.3, 0.4) is 0 Å². The van der Waals surface area contributed by atoms with Crippen molar-refractivity contribution in [3.8, 4) is 0 Å². The van der Waals surface area contributed by atoms with Gasteiger partial charge in [-0.3, -0.25) is 14.2 Å². The molecule has 4 rings (SSSR count). The molecule has 0 fully saturated rings. The lowest BCUT2D eigenvalue weighted by molar-refractivity contribution is 0.102. The fourth-order valence-electron chi connectivity index (χ4n) is 2.71. The predicted octanol–water partition coefficient (Wildman–Crippen LogP) is 4.29. The number of rotatable bonds is 6. The van der Waals surface area contributed by atoms with Gasteiger partial charge < -0.3 is 5.32 Å². The number of carbonyl (C=O) groups excluding carboxylic acids is 1. The van der Waals surface area contributed by atoms with Crippen LogP contribution in [-0.4, -0.2) is 35.2 Å². The van der Waals surface area contributed by atoms with Crippen LogP contribution in [0.2, 0.25) is 10.0 Å². The number of aromatic nitrogens is 6. The second-order valence-corrected chi connectivity index (χ2v) is 7.99. The van der Waals surface area contributed by atoms with E-state index in [1.807, 2.05) is 0 Å². The van der Waals surface area contributed by atoms with Crippen molar-refractivity contribution in [3.63, 3.8) is 0 Å². The predicted molar refractivity (Wildman–Crippen MR) is 113 cm³/mol. The molecule has 0 saturated carbocycles. The maximum atomic E-state index is 14.0. The van der Waals surface area contributed by atoms with Crippen molar-refractivity contribution in [1.29, 1.82) is 0 Å². The Morgan fingerprint density at radius 3 is 2.67 bits per heavy atom. The molecular weight excluding hydrogens is 500 g/mol. The molecule has 0 aliphatic carbocycles. The maximum absolute atomic E-state index is 14.0. The molecule has 0 spiro atoms. The minimum Gasteiger partial charge on any atom is -0.302 e. The van der Waals surface area contributed by atoms with Gasteiger partial charge in [-0.1, -0.05) is 29.3 Å². The van der Waals surface area contributed by atoms with Crippen LogP contribution in [0.4, 0.5) is 10.2 Å². The van der Waals surface area contributed by atoms with Gasteiger partial charge in [0.2, 0.25) is 0 Å². The number of hydrogen-bond donors (Lipinski definition) is 1. The molecule has 8 nitrogen and oxygen atoms in total. The monoisotopic (exact) mass is 511 g/mol. The highest BCUT2D eigenvalue weighted by Crippen LogP contribution is 2.24. The minimum atomic E-state index is -0.480. The van der Waals surface area contributed by atoms with Crippen LogP contribution in [0.25, 0.3) is 0 Å². The van der Waals surface area contributed by atoms with Crippen LogP contribution in [0.15, 0.2) is 53.5 Å². The van der Waals surface area contributed by atoms with Crippen molar-refractivity contribution in [1.82, 2.24) is 29.3 Å². The van der Waals surface area contributed by atoms with Gasteiger partial charge in [-0.25, -0.2) is 9.07 Å². The number of nitrogens with one attached hydrogen (secondary N) is 1. The minimum absolute atomic E-state index is 0.0646. The van der Waals surface area contributed by atoms with E-state index in [1.165, 1.54) is 23.0 Å². The highest BCUT2D eigenvalue weighted by Gasteiger charge is 2.16. The summed E-state index contributed by atoms with van der Waals surface area (Å²) in [6.45, 7) is 0.410. The van der Waals surface area contributed by atoms with E-state index < -0.39 is 11.7 Å². The van der Waals surface area contributed by atoms with Gasteiger partial charge in [0, 0.05) is 29.2 Å². The molecule has 30 heavy (non-hydrogen) atoms. The maximum Gasteiger partial charge on any atom is 0.277 e. The van der Waals surface area contributed by atoms with Crippen molar-refractivity contribution in [2.75, 3.05) is 5.32 Å². The molecular formula is C18H13BrCl2FN7O. The summed E-state index contributed by atoms with van der Waals surface area (Å²) in [7, 11) is 0. The SMILES string of the molecule is O=C(Nc1nn(Cc2c(F)cccc2Cl)cc1Cl)c1ccn(Cn2cc(Br)cn2)n1. The molecule has 0 radical (unpaired) electrons. The summed E-state index contributed by atoms with van der Waals surface area (Å²) >= 11 is 15.5. The number of hydrogen-bond acceptors (Lipinski definition) is 4. The zero-order valence-electron chi connectivity index (χ0n) is 15.1. The zero-order valence-corrected chi connectivity index (χ0v) is 18.2. The molecule has 1 N–H and O–H groups in total. The molecule has 0 atom stereocenters. The Bertz CT molecular complexity index is 1200. The van der Waals surface area contributed by atoms with E-state index in [0.29, 0.717) is 6.67 Å². The van der Waals surface area contributed by atoms with E-state index >= 15 is 0 Å². The smallest absolute Gasteiger partial charge is 0.277 e. The largest absolute Gasteiger partial charge is 0.302 e.